The molecule has 0 aliphatic carbocycles. The van der Waals surface area contributed by atoms with E-state index < -0.39 is 0 Å². The van der Waals surface area contributed by atoms with Crippen LogP contribution in [0.4, 0.5) is 10.1 Å². The topological polar surface area (TPSA) is 46.0 Å². The molecule has 1 fully saturated rings. The molecule has 1 saturated heterocycles. The van der Waals surface area contributed by atoms with E-state index in [-0.39, 0.29) is 5.82 Å². The minimum Gasteiger partial charge on any atom is -0.367 e. The van der Waals surface area contributed by atoms with Crippen molar-refractivity contribution in [3.63, 3.8) is 0 Å². The van der Waals surface area contributed by atoms with Crippen molar-refractivity contribution in [3.05, 3.63) is 77.2 Å². The van der Waals surface area contributed by atoms with Gasteiger partial charge in [-0.15, -0.1) is 0 Å². The lowest BCUT2D eigenvalue weighted by molar-refractivity contribution is 0.590. The molecule has 0 unspecified atom stereocenters. The molecule has 5 rings (SSSR count). The summed E-state index contributed by atoms with van der Waals surface area (Å²) in [7, 11) is 0. The van der Waals surface area contributed by atoms with Crippen LogP contribution < -0.4 is 10.2 Å². The number of nitrogens with one attached hydrogen (secondary N) is 1. The Morgan fingerprint density at radius 3 is 2.60 bits per heavy atom. The molecular weight excluding hydrogens is 401 g/mol. The van der Waals surface area contributed by atoms with Crippen molar-refractivity contribution in [2.24, 2.45) is 0 Å². The van der Waals surface area contributed by atoms with Crippen LogP contribution in [0, 0.1) is 5.82 Å². The van der Waals surface area contributed by atoms with Gasteiger partial charge in [0.15, 0.2) is 5.65 Å². The van der Waals surface area contributed by atoms with E-state index in [0.29, 0.717) is 11.6 Å². The number of imidazole rings is 1. The van der Waals surface area contributed by atoms with E-state index in [1.54, 1.807) is 12.1 Å². The molecule has 7 heteroatoms. The molecule has 4 aromatic rings. The molecule has 0 amide bonds. The van der Waals surface area contributed by atoms with Crippen molar-refractivity contribution >= 4 is 28.5 Å². The van der Waals surface area contributed by atoms with Gasteiger partial charge in [-0.05, 0) is 48.0 Å². The quantitative estimate of drug-likeness (QED) is 0.532. The second kappa shape index (κ2) is 8.05. The second-order valence-corrected chi connectivity index (χ2v) is 7.83. The highest BCUT2D eigenvalue weighted by Gasteiger charge is 2.20. The highest BCUT2D eigenvalue weighted by atomic mass is 35.5. The Bertz CT molecular complexity index is 1180. The van der Waals surface area contributed by atoms with Crippen LogP contribution in [0.5, 0.6) is 0 Å². The number of nitrogens with zero attached hydrogens (tertiary/aromatic N) is 4. The maximum absolute atomic E-state index is 13.5. The number of aromatic nitrogens is 3. The molecule has 30 heavy (non-hydrogen) atoms. The standard InChI is InChI=1S/C23H21ClFN5/c24-18-3-1-2-16(14-18)15-30-22(17-4-6-19(25)7-5-17)28-21-20(8-9-27-23(21)30)29-12-10-26-11-13-29/h1-9,14,26H,10-13,15H2. The molecule has 0 bridgehead atoms. The van der Waals surface area contributed by atoms with E-state index in [2.05, 4.69) is 19.8 Å². The molecule has 152 valence electrons. The van der Waals surface area contributed by atoms with Gasteiger partial charge in [0, 0.05) is 43.0 Å². The van der Waals surface area contributed by atoms with Gasteiger partial charge in [-0.2, -0.15) is 0 Å². The van der Waals surface area contributed by atoms with Gasteiger partial charge in [0.2, 0.25) is 0 Å². The number of halogens is 2. The van der Waals surface area contributed by atoms with Gasteiger partial charge in [0.1, 0.15) is 17.2 Å². The predicted octanol–water partition coefficient (Wildman–Crippen LogP) is 4.35. The molecule has 2 aromatic carbocycles. The molecule has 0 saturated carbocycles. The molecule has 1 aliphatic rings. The molecule has 0 radical (unpaired) electrons. The Morgan fingerprint density at radius 2 is 1.83 bits per heavy atom. The van der Waals surface area contributed by atoms with E-state index in [0.717, 1.165) is 60.0 Å². The number of hydrogen-bond donors (Lipinski definition) is 1. The number of anilines is 1. The molecule has 0 atom stereocenters. The van der Waals surface area contributed by atoms with Crippen molar-refractivity contribution in [3.8, 4) is 11.4 Å². The highest BCUT2D eigenvalue weighted by molar-refractivity contribution is 6.30. The summed E-state index contributed by atoms with van der Waals surface area (Å²) in [4.78, 5) is 12.0. The van der Waals surface area contributed by atoms with Gasteiger partial charge < -0.3 is 14.8 Å². The summed E-state index contributed by atoms with van der Waals surface area (Å²) in [6.07, 6.45) is 1.84. The highest BCUT2D eigenvalue weighted by Crippen LogP contribution is 2.31. The van der Waals surface area contributed by atoms with Gasteiger partial charge in [-0.1, -0.05) is 23.7 Å². The number of rotatable bonds is 4. The first kappa shape index (κ1) is 19.0. The number of benzene rings is 2. The average molecular weight is 422 g/mol. The minimum absolute atomic E-state index is 0.268. The zero-order chi connectivity index (χ0) is 20.5. The average Bonchev–Trinajstić information content (AvgIpc) is 3.13. The van der Waals surface area contributed by atoms with Gasteiger partial charge >= 0.3 is 0 Å². The summed E-state index contributed by atoms with van der Waals surface area (Å²) >= 11 is 6.21. The van der Waals surface area contributed by atoms with Crippen LogP contribution in [0.25, 0.3) is 22.6 Å². The Labute approximate surface area is 179 Å². The molecule has 5 nitrogen and oxygen atoms in total. The third-order valence-corrected chi connectivity index (χ3v) is 5.64. The molecule has 2 aromatic heterocycles. The predicted molar refractivity (Wildman–Crippen MR) is 119 cm³/mol. The summed E-state index contributed by atoms with van der Waals surface area (Å²) in [6.45, 7) is 4.30. The Balaban J connectivity index is 1.68. The Morgan fingerprint density at radius 1 is 1.03 bits per heavy atom. The summed E-state index contributed by atoms with van der Waals surface area (Å²) in [5, 5.41) is 4.08. The lowest BCUT2D eigenvalue weighted by Crippen LogP contribution is -2.43. The van der Waals surface area contributed by atoms with E-state index in [1.165, 1.54) is 12.1 Å². The van der Waals surface area contributed by atoms with E-state index in [4.69, 9.17) is 16.6 Å². The van der Waals surface area contributed by atoms with Crippen LogP contribution in [0.15, 0.2) is 60.8 Å². The van der Waals surface area contributed by atoms with Crippen LogP contribution in [-0.2, 0) is 6.54 Å². The Hall–Kier alpha value is -2.96. The molecule has 1 N–H and O–H groups in total. The fraction of sp³-hybridized carbons (Fsp3) is 0.217. The van der Waals surface area contributed by atoms with Crippen molar-refractivity contribution < 1.29 is 4.39 Å². The fourth-order valence-electron chi connectivity index (χ4n) is 3.95. The maximum Gasteiger partial charge on any atom is 0.162 e. The van der Waals surface area contributed by atoms with Crippen molar-refractivity contribution in [2.45, 2.75) is 6.54 Å². The van der Waals surface area contributed by atoms with Crippen LogP contribution in [0.3, 0.4) is 0 Å². The van der Waals surface area contributed by atoms with Gasteiger partial charge in [-0.25, -0.2) is 14.4 Å². The van der Waals surface area contributed by atoms with E-state index in [1.807, 2.05) is 36.5 Å². The maximum atomic E-state index is 13.5. The normalized spacial score (nSPS) is 14.4. The van der Waals surface area contributed by atoms with Gasteiger partial charge in [0.05, 0.1) is 12.2 Å². The SMILES string of the molecule is Fc1ccc(-c2nc3c(N4CCNCC4)ccnc3n2Cc2cccc(Cl)c2)cc1. The summed E-state index contributed by atoms with van der Waals surface area (Å²) in [6, 6.07) is 16.2. The number of hydrogen-bond acceptors (Lipinski definition) is 4. The number of piperazine rings is 1. The first-order valence-corrected chi connectivity index (χ1v) is 10.4. The van der Waals surface area contributed by atoms with E-state index in [9.17, 15) is 4.39 Å². The zero-order valence-corrected chi connectivity index (χ0v) is 17.1. The molecular formula is C23H21ClFN5. The largest absolute Gasteiger partial charge is 0.367 e. The van der Waals surface area contributed by atoms with Crippen LogP contribution in [-0.4, -0.2) is 40.7 Å². The minimum atomic E-state index is -0.268. The summed E-state index contributed by atoms with van der Waals surface area (Å²) in [5.74, 6) is 0.496. The third kappa shape index (κ3) is 3.64. The summed E-state index contributed by atoms with van der Waals surface area (Å²) in [5.41, 5.74) is 4.66. The smallest absolute Gasteiger partial charge is 0.162 e. The van der Waals surface area contributed by atoms with Crippen molar-refractivity contribution in [1.82, 2.24) is 19.9 Å². The van der Waals surface area contributed by atoms with E-state index >= 15 is 0 Å². The first-order chi connectivity index (χ1) is 14.7. The lowest BCUT2D eigenvalue weighted by atomic mass is 10.2. The number of pyridine rings is 1. The summed E-state index contributed by atoms with van der Waals surface area (Å²) < 4.78 is 15.6. The zero-order valence-electron chi connectivity index (χ0n) is 16.4. The Kier molecular flexibility index (Phi) is 5.11. The van der Waals surface area contributed by atoms with Crippen LogP contribution in [0.1, 0.15) is 5.56 Å². The van der Waals surface area contributed by atoms with Gasteiger partial charge in [0.25, 0.3) is 0 Å². The van der Waals surface area contributed by atoms with Crippen LogP contribution in [0.2, 0.25) is 5.02 Å². The van der Waals surface area contributed by atoms with Crippen LogP contribution >= 0.6 is 11.6 Å². The van der Waals surface area contributed by atoms with Crippen molar-refractivity contribution in [1.29, 1.82) is 0 Å². The first-order valence-electron chi connectivity index (χ1n) is 10.0. The third-order valence-electron chi connectivity index (χ3n) is 5.40. The van der Waals surface area contributed by atoms with Gasteiger partial charge in [-0.3, -0.25) is 0 Å². The molecule has 3 heterocycles. The molecule has 0 spiro atoms. The monoisotopic (exact) mass is 421 g/mol. The number of fused-ring (bicyclic) bond motifs is 1. The fourth-order valence-corrected chi connectivity index (χ4v) is 4.17. The second-order valence-electron chi connectivity index (χ2n) is 7.40. The molecule has 1 aliphatic heterocycles. The lowest BCUT2D eigenvalue weighted by Gasteiger charge is -2.29. The van der Waals surface area contributed by atoms with Crippen molar-refractivity contribution in [2.75, 3.05) is 31.1 Å².